The minimum Gasteiger partial charge on any atom is -0.344 e. The lowest BCUT2D eigenvalue weighted by atomic mass is 9.77. The average molecular weight is 442 g/mol. The van der Waals surface area contributed by atoms with E-state index in [-0.39, 0.29) is 10.8 Å². The van der Waals surface area contributed by atoms with Gasteiger partial charge in [-0.2, -0.15) is 0 Å². The smallest absolute Gasteiger partial charge is 0.0495 e. The van der Waals surface area contributed by atoms with Crippen LogP contribution in [-0.2, 0) is 17.9 Å². The molecule has 0 saturated heterocycles. The predicted octanol–water partition coefficient (Wildman–Crippen LogP) is 8.72. The summed E-state index contributed by atoms with van der Waals surface area (Å²) in [6.07, 6.45) is 2.21. The van der Waals surface area contributed by atoms with Crippen LogP contribution in [0.1, 0.15) is 62.8 Å². The third-order valence-corrected chi connectivity index (χ3v) is 9.51. The van der Waals surface area contributed by atoms with Crippen LogP contribution in [0.2, 0.25) is 0 Å². The summed E-state index contributed by atoms with van der Waals surface area (Å²) in [6, 6.07) is 28.0. The standard InChI is InChI=1S/C33H31N/c1-6-32(3)26-14-10-8-12-20(26)22-18-30-24(16-28(22)32)25-17-29-23(19-31(25)34(30)5)21-13-9-11-15-27(21)33(29,4)7-2/h8-19H,6-7H2,1-5H3/t32-,33-/m0/s1. The van der Waals surface area contributed by atoms with Crippen LogP contribution in [0.25, 0.3) is 44.1 Å². The lowest BCUT2D eigenvalue weighted by Gasteiger charge is -2.26. The molecule has 2 aliphatic carbocycles. The lowest BCUT2D eigenvalue weighted by Crippen LogP contribution is -2.19. The van der Waals surface area contributed by atoms with Crippen molar-refractivity contribution in [2.75, 3.05) is 0 Å². The molecule has 0 radical (unpaired) electrons. The number of aromatic nitrogens is 1. The third kappa shape index (κ3) is 2.17. The molecule has 1 heterocycles. The van der Waals surface area contributed by atoms with Gasteiger partial charge in [0.1, 0.15) is 0 Å². The summed E-state index contributed by atoms with van der Waals surface area (Å²) in [5.74, 6) is 0. The number of aryl methyl sites for hydroxylation is 1. The second kappa shape index (κ2) is 6.42. The first-order valence-corrected chi connectivity index (χ1v) is 12.7. The van der Waals surface area contributed by atoms with Crippen molar-refractivity contribution in [3.05, 3.63) is 95.1 Å². The minimum atomic E-state index is 0.0627. The fourth-order valence-electron chi connectivity index (χ4n) is 7.10. The van der Waals surface area contributed by atoms with E-state index in [0.29, 0.717) is 0 Å². The molecule has 0 aliphatic heterocycles. The molecule has 0 saturated carbocycles. The molecule has 5 aromatic rings. The molecule has 0 unspecified atom stereocenters. The Morgan fingerprint density at radius 3 is 1.38 bits per heavy atom. The molecule has 2 atom stereocenters. The molecule has 0 amide bonds. The Morgan fingerprint density at radius 1 is 0.559 bits per heavy atom. The van der Waals surface area contributed by atoms with Crippen molar-refractivity contribution in [3.63, 3.8) is 0 Å². The molecule has 168 valence electrons. The van der Waals surface area contributed by atoms with Crippen LogP contribution in [-0.4, -0.2) is 4.57 Å². The summed E-state index contributed by atoms with van der Waals surface area (Å²) >= 11 is 0. The molecule has 0 fully saturated rings. The summed E-state index contributed by atoms with van der Waals surface area (Å²) in [4.78, 5) is 0. The van der Waals surface area contributed by atoms with E-state index in [0.717, 1.165) is 12.8 Å². The maximum absolute atomic E-state index is 2.52. The second-order valence-corrected chi connectivity index (χ2v) is 10.9. The van der Waals surface area contributed by atoms with Crippen LogP contribution in [0, 0.1) is 0 Å². The Morgan fingerprint density at radius 2 is 0.971 bits per heavy atom. The highest BCUT2D eigenvalue weighted by molar-refractivity contribution is 6.12. The number of fused-ring (bicyclic) bond motifs is 9. The Hall–Kier alpha value is -3.32. The summed E-state index contributed by atoms with van der Waals surface area (Å²) in [5.41, 5.74) is 14.3. The first-order valence-electron chi connectivity index (χ1n) is 12.7. The van der Waals surface area contributed by atoms with Crippen LogP contribution in [0.4, 0.5) is 0 Å². The number of hydrogen-bond donors (Lipinski definition) is 0. The monoisotopic (exact) mass is 441 g/mol. The van der Waals surface area contributed by atoms with Gasteiger partial charge < -0.3 is 4.57 Å². The van der Waals surface area contributed by atoms with Gasteiger partial charge in [-0.05, 0) is 81.6 Å². The molecular formula is C33H31N. The molecule has 34 heavy (non-hydrogen) atoms. The highest BCUT2D eigenvalue weighted by Gasteiger charge is 2.40. The SMILES string of the molecule is CC[C@@]1(C)c2ccccc2-c2cc3c(cc21)c1cc2c(cc1n3C)-c1ccccc1[C@]2(C)CC. The Labute approximate surface area is 202 Å². The van der Waals surface area contributed by atoms with Crippen LogP contribution >= 0.6 is 0 Å². The molecule has 1 heteroatoms. The van der Waals surface area contributed by atoms with E-state index in [1.165, 1.54) is 66.3 Å². The number of nitrogens with zero attached hydrogens (tertiary/aromatic N) is 1. The van der Waals surface area contributed by atoms with Gasteiger partial charge in [-0.25, -0.2) is 0 Å². The normalized spacial score (nSPS) is 22.1. The summed E-state index contributed by atoms with van der Waals surface area (Å²) in [5, 5.41) is 2.78. The molecular weight excluding hydrogens is 410 g/mol. The second-order valence-electron chi connectivity index (χ2n) is 10.9. The van der Waals surface area contributed by atoms with E-state index < -0.39 is 0 Å². The van der Waals surface area contributed by atoms with Gasteiger partial charge in [-0.15, -0.1) is 0 Å². The highest BCUT2D eigenvalue weighted by atomic mass is 14.9. The Kier molecular flexibility index (Phi) is 3.79. The molecule has 4 aromatic carbocycles. The van der Waals surface area contributed by atoms with Crippen LogP contribution in [0.15, 0.2) is 72.8 Å². The van der Waals surface area contributed by atoms with Gasteiger partial charge >= 0.3 is 0 Å². The van der Waals surface area contributed by atoms with Gasteiger partial charge in [0.15, 0.2) is 0 Å². The van der Waals surface area contributed by atoms with Gasteiger partial charge in [0.2, 0.25) is 0 Å². The Balaban J connectivity index is 1.58. The van der Waals surface area contributed by atoms with E-state index in [1.807, 2.05) is 0 Å². The van der Waals surface area contributed by atoms with Gasteiger partial charge in [-0.1, -0.05) is 76.2 Å². The zero-order valence-electron chi connectivity index (χ0n) is 20.8. The van der Waals surface area contributed by atoms with Crippen LogP contribution < -0.4 is 0 Å². The fourth-order valence-corrected chi connectivity index (χ4v) is 7.10. The van der Waals surface area contributed by atoms with Gasteiger partial charge in [0.05, 0.1) is 0 Å². The van der Waals surface area contributed by atoms with E-state index in [9.17, 15) is 0 Å². The van der Waals surface area contributed by atoms with Crippen molar-refractivity contribution in [2.45, 2.75) is 51.4 Å². The van der Waals surface area contributed by atoms with Crippen LogP contribution in [0.5, 0.6) is 0 Å². The molecule has 7 rings (SSSR count). The summed E-state index contributed by atoms with van der Waals surface area (Å²) in [7, 11) is 2.24. The highest BCUT2D eigenvalue weighted by Crippen LogP contribution is 2.54. The first-order chi connectivity index (χ1) is 16.4. The minimum absolute atomic E-state index is 0.0627. The van der Waals surface area contributed by atoms with Crippen molar-refractivity contribution < 1.29 is 0 Å². The van der Waals surface area contributed by atoms with E-state index in [1.54, 1.807) is 0 Å². The van der Waals surface area contributed by atoms with Crippen molar-refractivity contribution >= 4 is 21.8 Å². The van der Waals surface area contributed by atoms with Crippen molar-refractivity contribution in [2.24, 2.45) is 7.05 Å². The van der Waals surface area contributed by atoms with Crippen molar-refractivity contribution in [1.82, 2.24) is 4.57 Å². The predicted molar refractivity (Wildman–Crippen MR) is 145 cm³/mol. The molecule has 0 spiro atoms. The van der Waals surface area contributed by atoms with Gasteiger partial charge in [-0.3, -0.25) is 0 Å². The summed E-state index contributed by atoms with van der Waals surface area (Å²) < 4.78 is 2.42. The van der Waals surface area contributed by atoms with Crippen molar-refractivity contribution in [1.29, 1.82) is 0 Å². The molecule has 2 aliphatic rings. The van der Waals surface area contributed by atoms with Crippen molar-refractivity contribution in [3.8, 4) is 22.3 Å². The van der Waals surface area contributed by atoms with E-state index in [4.69, 9.17) is 0 Å². The summed E-state index contributed by atoms with van der Waals surface area (Å²) in [6.45, 7) is 9.51. The number of benzene rings is 4. The average Bonchev–Trinajstić information content (AvgIpc) is 3.41. The van der Waals surface area contributed by atoms with E-state index in [2.05, 4.69) is 112 Å². The maximum Gasteiger partial charge on any atom is 0.0495 e. The topological polar surface area (TPSA) is 4.93 Å². The zero-order valence-corrected chi connectivity index (χ0v) is 20.8. The lowest BCUT2D eigenvalue weighted by molar-refractivity contribution is 0.565. The molecule has 1 nitrogen and oxygen atoms in total. The number of hydrogen-bond acceptors (Lipinski definition) is 0. The zero-order chi connectivity index (χ0) is 23.4. The fraction of sp³-hybridized carbons (Fsp3) is 0.273. The molecule has 0 N–H and O–H groups in total. The van der Waals surface area contributed by atoms with E-state index >= 15 is 0 Å². The first kappa shape index (κ1) is 20.1. The van der Waals surface area contributed by atoms with Gasteiger partial charge in [0, 0.05) is 39.7 Å². The molecule has 0 bridgehead atoms. The number of rotatable bonds is 2. The largest absolute Gasteiger partial charge is 0.344 e. The Bertz CT molecular complexity index is 1540. The quantitative estimate of drug-likeness (QED) is 0.258. The molecule has 1 aromatic heterocycles. The van der Waals surface area contributed by atoms with Gasteiger partial charge in [0.25, 0.3) is 0 Å². The van der Waals surface area contributed by atoms with Crippen LogP contribution in [0.3, 0.4) is 0 Å². The third-order valence-electron chi connectivity index (χ3n) is 9.51. The maximum atomic E-state index is 2.52.